The molecule has 0 fully saturated rings. The first-order valence-corrected chi connectivity index (χ1v) is 2.04. The first kappa shape index (κ1) is 15.7. The van der Waals surface area contributed by atoms with Crippen molar-refractivity contribution in [1.82, 2.24) is 0 Å². The Morgan fingerprint density at radius 1 is 1.29 bits per heavy atom. The van der Waals surface area contributed by atoms with Crippen LogP contribution in [0, 0.1) is 0 Å². The molecule has 4 nitrogen and oxygen atoms in total. The molecule has 42 valence electrons. The minimum absolute atomic E-state index is 0. The van der Waals surface area contributed by atoms with Crippen molar-refractivity contribution in [2.24, 2.45) is 0 Å². The summed E-state index contributed by atoms with van der Waals surface area (Å²) < 4.78 is 22.8. The van der Waals surface area contributed by atoms with Crippen molar-refractivity contribution in [3.8, 4) is 0 Å². The van der Waals surface area contributed by atoms with Crippen LogP contribution in [0.4, 0.5) is 0 Å². The Morgan fingerprint density at radius 2 is 1.29 bits per heavy atom. The summed E-state index contributed by atoms with van der Waals surface area (Å²) in [6, 6.07) is 0. The van der Waals surface area contributed by atoms with Gasteiger partial charge < -0.3 is 5.11 Å². The zero-order valence-corrected chi connectivity index (χ0v) is 3.97. The third-order valence-electron chi connectivity index (χ3n) is 0. The van der Waals surface area contributed by atoms with E-state index < -0.39 is 11.4 Å². The van der Waals surface area contributed by atoms with Gasteiger partial charge in [-0.3, -0.25) is 9.11 Å². The quantitative estimate of drug-likeness (QED) is 0.285. The van der Waals surface area contributed by atoms with Gasteiger partial charge in [-0.05, 0) is 0 Å². The maximum absolute atomic E-state index is 8.67. The van der Waals surface area contributed by atoms with Gasteiger partial charge in [-0.2, -0.15) is 4.21 Å². The summed E-state index contributed by atoms with van der Waals surface area (Å²) >= 11 is -2.61. The van der Waals surface area contributed by atoms with Crippen molar-refractivity contribution in [2.75, 3.05) is 7.11 Å². The molecule has 0 rings (SSSR count). The summed E-state index contributed by atoms with van der Waals surface area (Å²) in [7, 11) is 1.00. The monoisotopic (exact) mass is 138 g/mol. The number of hydrogen-bond acceptors (Lipinski definition) is 2. The molecule has 0 radical (unpaired) electrons. The molecule has 0 atom stereocenters. The van der Waals surface area contributed by atoms with Crippen LogP contribution in [0.2, 0.25) is 0 Å². The Morgan fingerprint density at radius 3 is 1.29 bits per heavy atom. The minimum atomic E-state index is -2.61. The molecule has 0 aromatic heterocycles. The van der Waals surface area contributed by atoms with Gasteiger partial charge in [0, 0.05) is 7.11 Å². The molecule has 0 bridgehead atoms. The number of hydrogen-bond donors (Lipinski definition) is 3. The van der Waals surface area contributed by atoms with Crippen LogP contribution in [-0.2, 0) is 11.4 Å². The van der Waals surface area contributed by atoms with Crippen molar-refractivity contribution in [1.29, 1.82) is 0 Å². The van der Waals surface area contributed by atoms with E-state index in [9.17, 15) is 0 Å². The van der Waals surface area contributed by atoms with Crippen molar-refractivity contribution < 1.29 is 18.4 Å². The molecule has 0 unspecified atom stereocenters. The van der Waals surface area contributed by atoms with Crippen molar-refractivity contribution in [3.05, 3.63) is 0 Å². The predicted octanol–water partition coefficient (Wildman–Crippen LogP) is -1.36. The van der Waals surface area contributed by atoms with Crippen LogP contribution in [0.3, 0.4) is 0 Å². The third-order valence-corrected chi connectivity index (χ3v) is 0. The van der Waals surface area contributed by atoms with Gasteiger partial charge in [0.25, 0.3) is 11.4 Å². The summed E-state index contributed by atoms with van der Waals surface area (Å²) in [5.41, 5.74) is 0. The average molecular weight is 138 g/mol. The normalized spacial score (nSPS) is 5.86. The van der Waals surface area contributed by atoms with Gasteiger partial charge >= 0.3 is 29.6 Å². The van der Waals surface area contributed by atoms with Gasteiger partial charge in [0.15, 0.2) is 0 Å². The standard InChI is InChI=1S/CH4O.Na.H2O3S.H/c1-2;;1-4(2)3;/h2H,1H3;;(H2,1,2,3);. The van der Waals surface area contributed by atoms with Gasteiger partial charge in [0.1, 0.15) is 0 Å². The summed E-state index contributed by atoms with van der Waals surface area (Å²) in [4.78, 5) is 0. The van der Waals surface area contributed by atoms with Crippen molar-refractivity contribution in [2.45, 2.75) is 0 Å². The van der Waals surface area contributed by atoms with Gasteiger partial charge in [-0.25, -0.2) is 0 Å². The molecule has 7 heavy (non-hydrogen) atoms. The van der Waals surface area contributed by atoms with Crippen LogP contribution in [0.5, 0.6) is 0 Å². The fraction of sp³-hybridized carbons (Fsp3) is 1.00. The number of aliphatic hydroxyl groups is 1. The molecule has 0 heterocycles. The second-order valence-electron chi connectivity index (χ2n) is 0.231. The first-order chi connectivity index (χ1) is 2.73. The van der Waals surface area contributed by atoms with Gasteiger partial charge in [0.2, 0.25) is 0 Å². The Labute approximate surface area is 66.3 Å². The molecule has 0 saturated heterocycles. The van der Waals surface area contributed by atoms with Gasteiger partial charge in [-0.1, -0.05) is 0 Å². The molecular formula is CH7NaO4S. The number of aliphatic hydroxyl groups excluding tert-OH is 1. The van der Waals surface area contributed by atoms with E-state index >= 15 is 0 Å². The Hall–Kier alpha value is 1.03. The van der Waals surface area contributed by atoms with E-state index in [1.165, 1.54) is 0 Å². The van der Waals surface area contributed by atoms with Crippen LogP contribution >= 0.6 is 0 Å². The van der Waals surface area contributed by atoms with Gasteiger partial charge in [0.05, 0.1) is 0 Å². The molecule has 0 spiro atoms. The summed E-state index contributed by atoms with van der Waals surface area (Å²) in [6.45, 7) is 0. The summed E-state index contributed by atoms with van der Waals surface area (Å²) in [5.74, 6) is 0. The maximum atomic E-state index is 8.67. The molecule has 0 aliphatic heterocycles. The zero-order valence-electron chi connectivity index (χ0n) is 3.16. The van der Waals surface area contributed by atoms with Crippen LogP contribution in [-0.4, -0.2) is 55.1 Å². The van der Waals surface area contributed by atoms with Crippen molar-refractivity contribution >= 4 is 40.9 Å². The Kier molecular flexibility index (Phi) is 35.3. The van der Waals surface area contributed by atoms with E-state index in [2.05, 4.69) is 0 Å². The summed E-state index contributed by atoms with van der Waals surface area (Å²) in [6.07, 6.45) is 0. The van der Waals surface area contributed by atoms with Crippen LogP contribution < -0.4 is 0 Å². The fourth-order valence-electron chi connectivity index (χ4n) is 0. The molecule has 0 amide bonds. The van der Waals surface area contributed by atoms with Crippen molar-refractivity contribution in [3.63, 3.8) is 0 Å². The molecule has 6 heteroatoms. The topological polar surface area (TPSA) is 77.8 Å². The molecule has 0 aliphatic carbocycles. The second kappa shape index (κ2) is 15.7. The Balaban J connectivity index is -0.0000000480. The molecule has 0 aromatic rings. The molecule has 0 saturated carbocycles. The first-order valence-electron chi connectivity index (χ1n) is 0.979. The second-order valence-corrected chi connectivity index (χ2v) is 0.692. The Bertz CT molecular complexity index is 34.7. The zero-order chi connectivity index (χ0) is 5.58. The van der Waals surface area contributed by atoms with Gasteiger partial charge in [-0.15, -0.1) is 0 Å². The van der Waals surface area contributed by atoms with Crippen LogP contribution in [0.25, 0.3) is 0 Å². The third kappa shape index (κ3) is 168. The molecule has 0 aromatic carbocycles. The van der Waals surface area contributed by atoms with E-state index in [0.29, 0.717) is 0 Å². The molecule has 3 N–H and O–H groups in total. The van der Waals surface area contributed by atoms with E-state index in [-0.39, 0.29) is 29.6 Å². The summed E-state index contributed by atoms with van der Waals surface area (Å²) in [5, 5.41) is 7.00. The predicted molar refractivity (Wildman–Crippen MR) is 28.7 cm³/mol. The van der Waals surface area contributed by atoms with E-state index in [4.69, 9.17) is 18.4 Å². The number of rotatable bonds is 0. The molecular weight excluding hydrogens is 131 g/mol. The van der Waals surface area contributed by atoms with Crippen LogP contribution in [0.15, 0.2) is 0 Å². The van der Waals surface area contributed by atoms with E-state index in [0.717, 1.165) is 7.11 Å². The van der Waals surface area contributed by atoms with E-state index in [1.54, 1.807) is 0 Å². The average Bonchev–Trinajstić information content (AvgIpc) is 1.41. The molecule has 0 aliphatic rings. The SMILES string of the molecule is CO.O=S(O)O.[NaH]. The van der Waals surface area contributed by atoms with E-state index in [1.807, 2.05) is 0 Å². The fourth-order valence-corrected chi connectivity index (χ4v) is 0. The van der Waals surface area contributed by atoms with Crippen LogP contribution in [0.1, 0.15) is 0 Å².